The molecule has 126 valence electrons. The van der Waals surface area contributed by atoms with Crippen molar-refractivity contribution in [3.63, 3.8) is 0 Å². The van der Waals surface area contributed by atoms with Crippen molar-refractivity contribution in [2.45, 2.75) is 43.6 Å². The predicted molar refractivity (Wildman–Crippen MR) is 97.9 cm³/mol. The molecule has 0 unspecified atom stereocenters. The summed E-state index contributed by atoms with van der Waals surface area (Å²) < 4.78 is 0. The normalized spacial score (nSPS) is 22.9. The largest absolute Gasteiger partial charge is 0.393 e. The van der Waals surface area contributed by atoms with Crippen molar-refractivity contribution in [1.82, 2.24) is 0 Å². The van der Waals surface area contributed by atoms with E-state index in [1.54, 1.807) is 0 Å². The fourth-order valence-corrected chi connectivity index (χ4v) is 3.31. The summed E-state index contributed by atoms with van der Waals surface area (Å²) in [4.78, 5) is 10.7. The summed E-state index contributed by atoms with van der Waals surface area (Å²) in [6, 6.07) is 15.6. The molecule has 4 heteroatoms. The average Bonchev–Trinajstić information content (AvgIpc) is 2.52. The third kappa shape index (κ3) is 4.38. The van der Waals surface area contributed by atoms with Crippen molar-refractivity contribution in [2.24, 2.45) is 0 Å². The number of carbonyl (C=O) groups is 1. The quantitative estimate of drug-likeness (QED) is 0.779. The molecule has 2 aliphatic carbocycles. The van der Waals surface area contributed by atoms with E-state index >= 15 is 0 Å². The topological polar surface area (TPSA) is 37.3 Å². The van der Waals surface area contributed by atoms with Gasteiger partial charge in [0.15, 0.2) is 0 Å². The molecule has 0 amide bonds. The number of hydrogen-bond donors (Lipinski definition) is 1. The molecule has 0 spiro atoms. The van der Waals surface area contributed by atoms with Crippen molar-refractivity contribution in [3.8, 4) is 0 Å². The monoisotopic (exact) mass is 362 g/mol. The highest BCUT2D eigenvalue weighted by Crippen LogP contribution is 2.37. The second kappa shape index (κ2) is 7.69. The molecule has 24 heavy (non-hydrogen) atoms. The van der Waals surface area contributed by atoms with Crippen molar-refractivity contribution in [1.29, 1.82) is 0 Å². The highest BCUT2D eigenvalue weighted by atomic mass is 35.5. The van der Waals surface area contributed by atoms with Crippen LogP contribution in [0.2, 0.25) is 10.0 Å². The van der Waals surface area contributed by atoms with E-state index in [1.165, 1.54) is 11.1 Å². The zero-order chi connectivity index (χ0) is 17.1. The minimum atomic E-state index is -0.0781. The van der Waals surface area contributed by atoms with Gasteiger partial charge in [-0.25, -0.2) is 0 Å². The van der Waals surface area contributed by atoms with Gasteiger partial charge in [-0.05, 0) is 60.1 Å². The summed E-state index contributed by atoms with van der Waals surface area (Å²) >= 11 is 11.5. The highest BCUT2D eigenvalue weighted by molar-refractivity contribution is 6.30. The van der Waals surface area contributed by atoms with Crippen LogP contribution in [0.5, 0.6) is 0 Å². The Kier molecular flexibility index (Phi) is 5.60. The molecule has 4 rings (SSSR count). The Balaban J connectivity index is 0.000000141. The van der Waals surface area contributed by atoms with E-state index in [9.17, 15) is 4.79 Å². The van der Waals surface area contributed by atoms with Crippen molar-refractivity contribution >= 4 is 29.0 Å². The van der Waals surface area contributed by atoms with E-state index in [1.807, 2.05) is 48.5 Å². The van der Waals surface area contributed by atoms with Crippen LogP contribution in [-0.2, 0) is 4.79 Å². The van der Waals surface area contributed by atoms with Gasteiger partial charge in [-0.3, -0.25) is 4.79 Å². The van der Waals surface area contributed by atoms with Crippen LogP contribution in [-0.4, -0.2) is 17.0 Å². The van der Waals surface area contributed by atoms with Crippen LogP contribution in [0.4, 0.5) is 0 Å². The fourth-order valence-electron chi connectivity index (χ4n) is 3.06. The number of rotatable bonds is 2. The molecule has 2 aromatic rings. The Bertz CT molecular complexity index is 681. The first kappa shape index (κ1) is 17.5. The Morgan fingerprint density at radius 3 is 1.54 bits per heavy atom. The minimum absolute atomic E-state index is 0.0781. The first-order chi connectivity index (χ1) is 11.5. The number of aliphatic hydroxyl groups is 1. The van der Waals surface area contributed by atoms with Crippen molar-refractivity contribution in [2.75, 3.05) is 0 Å². The predicted octanol–water partition coefficient (Wildman–Crippen LogP) is 5.36. The number of aliphatic hydroxyl groups excluding tert-OH is 1. The van der Waals surface area contributed by atoms with Crippen LogP contribution in [0.1, 0.15) is 48.6 Å². The molecule has 0 heterocycles. The molecule has 2 nitrogen and oxygen atoms in total. The molecule has 2 saturated carbocycles. The van der Waals surface area contributed by atoms with Gasteiger partial charge in [-0.15, -0.1) is 0 Å². The number of halogens is 2. The number of ketones is 1. The maximum absolute atomic E-state index is 10.7. The summed E-state index contributed by atoms with van der Waals surface area (Å²) in [6.45, 7) is 0. The molecule has 2 fully saturated rings. The van der Waals surface area contributed by atoms with E-state index in [-0.39, 0.29) is 6.10 Å². The molecule has 2 aromatic carbocycles. The molecule has 2 aliphatic rings. The van der Waals surface area contributed by atoms with Gasteiger partial charge in [0.1, 0.15) is 5.78 Å². The lowest BCUT2D eigenvalue weighted by atomic mass is 9.78. The third-order valence-electron chi connectivity index (χ3n) is 4.74. The second-order valence-electron chi connectivity index (χ2n) is 6.57. The molecular weight excluding hydrogens is 343 g/mol. The summed E-state index contributed by atoms with van der Waals surface area (Å²) in [5, 5.41) is 10.6. The van der Waals surface area contributed by atoms with E-state index in [0.717, 1.165) is 22.9 Å². The van der Waals surface area contributed by atoms with Gasteiger partial charge >= 0.3 is 0 Å². The zero-order valence-electron chi connectivity index (χ0n) is 13.3. The Morgan fingerprint density at radius 2 is 1.17 bits per heavy atom. The first-order valence-corrected chi connectivity index (χ1v) is 8.97. The molecule has 0 bridgehead atoms. The lowest BCUT2D eigenvalue weighted by Crippen LogP contribution is -2.26. The fraction of sp³-hybridized carbons (Fsp3) is 0.350. The van der Waals surface area contributed by atoms with Crippen LogP contribution in [0, 0.1) is 0 Å². The Labute approximate surface area is 152 Å². The van der Waals surface area contributed by atoms with Gasteiger partial charge in [0.2, 0.25) is 0 Å². The van der Waals surface area contributed by atoms with Crippen LogP contribution < -0.4 is 0 Å². The maximum Gasteiger partial charge on any atom is 0.134 e. The minimum Gasteiger partial charge on any atom is -0.393 e. The van der Waals surface area contributed by atoms with Crippen LogP contribution in [0.3, 0.4) is 0 Å². The highest BCUT2D eigenvalue weighted by Gasteiger charge is 2.28. The van der Waals surface area contributed by atoms with E-state index < -0.39 is 0 Å². The summed E-state index contributed by atoms with van der Waals surface area (Å²) in [7, 11) is 0. The standard InChI is InChI=1S/C10H11ClO.C10H9ClO/c2*11-9-3-1-7(2-4-9)8-5-10(12)6-8/h1-4,8,10,12H,5-6H2;1-4,8H,5-6H2. The Morgan fingerprint density at radius 1 is 0.750 bits per heavy atom. The van der Waals surface area contributed by atoms with E-state index in [2.05, 4.69) is 0 Å². The van der Waals surface area contributed by atoms with Crippen LogP contribution >= 0.6 is 23.2 Å². The van der Waals surface area contributed by atoms with Gasteiger partial charge in [-0.1, -0.05) is 47.5 Å². The smallest absolute Gasteiger partial charge is 0.134 e. The maximum atomic E-state index is 10.7. The number of benzene rings is 2. The number of Topliss-reactive ketones (excluding diaryl/α,β-unsaturated/α-hetero) is 1. The van der Waals surface area contributed by atoms with Crippen molar-refractivity contribution in [3.05, 3.63) is 69.7 Å². The van der Waals surface area contributed by atoms with Gasteiger partial charge in [-0.2, -0.15) is 0 Å². The van der Waals surface area contributed by atoms with Crippen LogP contribution in [0.25, 0.3) is 0 Å². The molecular formula is C20H20Cl2O2. The van der Waals surface area contributed by atoms with Crippen LogP contribution in [0.15, 0.2) is 48.5 Å². The Hall–Kier alpha value is -1.35. The zero-order valence-corrected chi connectivity index (χ0v) is 14.8. The van der Waals surface area contributed by atoms with E-state index in [4.69, 9.17) is 28.3 Å². The van der Waals surface area contributed by atoms with Gasteiger partial charge in [0.05, 0.1) is 6.10 Å². The first-order valence-electron chi connectivity index (χ1n) is 8.22. The SMILES string of the molecule is O=C1CC(c2ccc(Cl)cc2)C1.OC1CC(c2ccc(Cl)cc2)C1. The average molecular weight is 363 g/mol. The molecule has 0 aliphatic heterocycles. The van der Waals surface area contributed by atoms with Gasteiger partial charge in [0, 0.05) is 22.9 Å². The third-order valence-corrected chi connectivity index (χ3v) is 5.25. The van der Waals surface area contributed by atoms with Gasteiger partial charge in [0.25, 0.3) is 0 Å². The lowest BCUT2D eigenvalue weighted by Gasteiger charge is -2.31. The van der Waals surface area contributed by atoms with Gasteiger partial charge < -0.3 is 5.11 Å². The number of carbonyl (C=O) groups excluding carboxylic acids is 1. The summed E-state index contributed by atoms with van der Waals surface area (Å²) in [5.41, 5.74) is 2.53. The van der Waals surface area contributed by atoms with E-state index in [0.29, 0.717) is 30.5 Å². The summed E-state index contributed by atoms with van der Waals surface area (Å²) in [6.07, 6.45) is 3.15. The summed E-state index contributed by atoms with van der Waals surface area (Å²) in [5.74, 6) is 1.38. The van der Waals surface area contributed by atoms with Crippen molar-refractivity contribution < 1.29 is 9.90 Å². The molecule has 0 saturated heterocycles. The lowest BCUT2D eigenvalue weighted by molar-refractivity contribution is -0.124. The molecule has 0 radical (unpaired) electrons. The molecule has 0 aromatic heterocycles. The second-order valence-corrected chi connectivity index (χ2v) is 7.44. The molecule has 0 atom stereocenters. The molecule has 1 N–H and O–H groups in total. The number of hydrogen-bond acceptors (Lipinski definition) is 2.